The number of aliphatic hydroxyl groups excluding tert-OH is 1. The second-order valence-corrected chi connectivity index (χ2v) is 9.93. The molecule has 2 aromatic carbocycles. The zero-order valence-electron chi connectivity index (χ0n) is 22.7. The van der Waals surface area contributed by atoms with Crippen LogP contribution in [0.1, 0.15) is 69.2 Å². The van der Waals surface area contributed by atoms with E-state index in [1.165, 1.54) is 0 Å². The molecule has 206 valence electrons. The minimum atomic E-state index is -0.852. The molecule has 5 atom stereocenters. The second kappa shape index (κ2) is 15.7. The molecule has 1 aliphatic rings. The van der Waals surface area contributed by atoms with Crippen LogP contribution < -0.4 is 4.74 Å². The lowest BCUT2D eigenvalue weighted by Crippen LogP contribution is -2.57. The molecule has 0 radical (unpaired) electrons. The second-order valence-electron chi connectivity index (χ2n) is 9.52. The summed E-state index contributed by atoms with van der Waals surface area (Å²) in [5.41, 5.74) is 3.08. The Bertz CT molecular complexity index is 921. The number of halogens is 1. The number of aliphatic hydroxyl groups is 1. The van der Waals surface area contributed by atoms with E-state index in [1.54, 1.807) is 7.11 Å². The molecule has 1 unspecified atom stereocenters. The third-order valence-electron chi connectivity index (χ3n) is 6.64. The summed E-state index contributed by atoms with van der Waals surface area (Å²) < 4.78 is 30.0. The van der Waals surface area contributed by atoms with Gasteiger partial charge in [0.15, 0.2) is 0 Å². The molecule has 1 aliphatic heterocycles. The summed E-state index contributed by atoms with van der Waals surface area (Å²) in [7, 11) is 1.61. The zero-order valence-corrected chi connectivity index (χ0v) is 23.4. The van der Waals surface area contributed by atoms with Gasteiger partial charge in [0.25, 0.3) is 0 Å². The van der Waals surface area contributed by atoms with Crippen LogP contribution in [0.2, 0.25) is 5.02 Å². The van der Waals surface area contributed by atoms with Crippen molar-refractivity contribution in [1.82, 2.24) is 0 Å². The average molecular weight is 535 g/mol. The number of rotatable bonds is 15. The van der Waals surface area contributed by atoms with Gasteiger partial charge in [-0.05, 0) is 61.1 Å². The highest BCUT2D eigenvalue weighted by Gasteiger charge is 2.47. The predicted molar refractivity (Wildman–Crippen MR) is 147 cm³/mol. The summed E-state index contributed by atoms with van der Waals surface area (Å²) in [6.45, 7) is 8.25. The quantitative estimate of drug-likeness (QED) is 0.276. The van der Waals surface area contributed by atoms with Crippen molar-refractivity contribution in [3.8, 4) is 5.75 Å². The van der Waals surface area contributed by atoms with Gasteiger partial charge in [0.05, 0.1) is 13.2 Å². The average Bonchev–Trinajstić information content (AvgIpc) is 2.90. The highest BCUT2D eigenvalue weighted by molar-refractivity contribution is 6.31. The van der Waals surface area contributed by atoms with Gasteiger partial charge in [-0.3, -0.25) is 0 Å². The first-order valence-electron chi connectivity index (χ1n) is 13.6. The van der Waals surface area contributed by atoms with Gasteiger partial charge in [-0.1, -0.05) is 62.6 Å². The molecule has 2 aromatic rings. The Hall–Kier alpha value is -1.67. The molecule has 7 heteroatoms. The number of ether oxygens (including phenoxy) is 5. The van der Waals surface area contributed by atoms with E-state index >= 15 is 0 Å². The van der Waals surface area contributed by atoms with Crippen molar-refractivity contribution in [3.63, 3.8) is 0 Å². The molecule has 6 nitrogen and oxygen atoms in total. The molecule has 1 heterocycles. The number of hydrogen-bond donors (Lipinski definition) is 1. The van der Waals surface area contributed by atoms with Crippen LogP contribution >= 0.6 is 11.6 Å². The van der Waals surface area contributed by atoms with Crippen LogP contribution in [0.5, 0.6) is 5.75 Å². The number of methoxy groups -OCH3 is 1. The van der Waals surface area contributed by atoms with Crippen molar-refractivity contribution in [2.24, 2.45) is 0 Å². The van der Waals surface area contributed by atoms with Gasteiger partial charge in [0, 0.05) is 25.3 Å². The molecule has 1 N–H and O–H groups in total. The Morgan fingerprint density at radius 2 is 1.59 bits per heavy atom. The summed E-state index contributed by atoms with van der Waals surface area (Å²) in [5, 5.41) is 11.9. The standard InChI is InChI=1S/C30H43ClO6/c1-5-8-16-35-29-27(32)26(20-33-4)37-28(30(29)36-17-9-6-2)22-12-15-25(31)23(19-22)18-21-10-13-24(14-11-21)34-7-3/h10-15,19,26-30,32H,5-9,16-18,20H2,1-4H3/t26-,27-,28+,29?,30+/m1/s1. The Kier molecular flexibility index (Phi) is 12.7. The maximum Gasteiger partial charge on any atom is 0.119 e. The first kappa shape index (κ1) is 29.9. The third-order valence-corrected chi connectivity index (χ3v) is 7.00. The van der Waals surface area contributed by atoms with Crippen molar-refractivity contribution in [1.29, 1.82) is 0 Å². The lowest BCUT2D eigenvalue weighted by Gasteiger charge is -2.44. The fourth-order valence-corrected chi connectivity index (χ4v) is 4.78. The molecule has 0 aliphatic carbocycles. The SMILES string of the molecule is CCCCOC1[C@@H](OCCCC)[C@H](c2ccc(Cl)c(Cc3ccc(OCC)cc3)c2)O[C@H](COC)[C@H]1O. The Labute approximate surface area is 227 Å². The van der Waals surface area contributed by atoms with Crippen LogP contribution in [-0.2, 0) is 25.4 Å². The summed E-state index contributed by atoms with van der Waals surface area (Å²) in [6.07, 6.45) is 1.76. The van der Waals surface area contributed by atoms with E-state index in [-0.39, 0.29) is 6.61 Å². The smallest absolute Gasteiger partial charge is 0.119 e. The van der Waals surface area contributed by atoms with E-state index in [4.69, 9.17) is 35.3 Å². The minimum Gasteiger partial charge on any atom is -0.494 e. The fourth-order valence-electron chi connectivity index (χ4n) is 4.60. The molecule has 0 spiro atoms. The van der Waals surface area contributed by atoms with E-state index in [9.17, 15) is 5.11 Å². The Morgan fingerprint density at radius 1 is 0.919 bits per heavy atom. The van der Waals surface area contributed by atoms with E-state index in [0.29, 0.717) is 31.3 Å². The van der Waals surface area contributed by atoms with Crippen LogP contribution in [0.15, 0.2) is 42.5 Å². The lowest BCUT2D eigenvalue weighted by molar-refractivity contribution is -0.257. The van der Waals surface area contributed by atoms with E-state index in [2.05, 4.69) is 32.0 Å². The molecule has 3 rings (SSSR count). The van der Waals surface area contributed by atoms with Gasteiger partial charge in [-0.15, -0.1) is 0 Å². The summed E-state index contributed by atoms with van der Waals surface area (Å²) in [6, 6.07) is 14.1. The topological polar surface area (TPSA) is 66.4 Å². The van der Waals surface area contributed by atoms with Gasteiger partial charge in [-0.2, -0.15) is 0 Å². The fraction of sp³-hybridized carbons (Fsp3) is 0.600. The molecular weight excluding hydrogens is 492 g/mol. The van der Waals surface area contributed by atoms with Gasteiger partial charge in [0.1, 0.15) is 36.3 Å². The molecule has 0 saturated carbocycles. The maximum atomic E-state index is 11.2. The van der Waals surface area contributed by atoms with Crippen LogP contribution in [0.3, 0.4) is 0 Å². The van der Waals surface area contributed by atoms with Gasteiger partial charge >= 0.3 is 0 Å². The summed E-state index contributed by atoms with van der Waals surface area (Å²) in [5.74, 6) is 0.852. The predicted octanol–water partition coefficient (Wildman–Crippen LogP) is 6.15. The van der Waals surface area contributed by atoms with E-state index < -0.39 is 30.5 Å². The Morgan fingerprint density at radius 3 is 2.22 bits per heavy atom. The van der Waals surface area contributed by atoms with Gasteiger partial charge < -0.3 is 28.8 Å². The van der Waals surface area contributed by atoms with Crippen molar-refractivity contribution in [2.45, 2.75) is 83.4 Å². The highest BCUT2D eigenvalue weighted by Crippen LogP contribution is 2.38. The maximum absolute atomic E-state index is 11.2. The zero-order chi connectivity index (χ0) is 26.6. The minimum absolute atomic E-state index is 0.264. The van der Waals surface area contributed by atoms with Crippen molar-refractivity contribution in [3.05, 3.63) is 64.2 Å². The van der Waals surface area contributed by atoms with E-state index in [0.717, 1.165) is 48.1 Å². The molecule has 1 fully saturated rings. The highest BCUT2D eigenvalue weighted by atomic mass is 35.5. The largest absolute Gasteiger partial charge is 0.494 e. The van der Waals surface area contributed by atoms with Crippen LogP contribution in [-0.4, -0.2) is 63.1 Å². The van der Waals surface area contributed by atoms with Crippen molar-refractivity contribution in [2.75, 3.05) is 33.5 Å². The molecular formula is C30H43ClO6. The molecule has 0 aromatic heterocycles. The van der Waals surface area contributed by atoms with Gasteiger partial charge in [0.2, 0.25) is 0 Å². The van der Waals surface area contributed by atoms with Crippen LogP contribution in [0.25, 0.3) is 0 Å². The first-order valence-corrected chi connectivity index (χ1v) is 14.0. The van der Waals surface area contributed by atoms with E-state index in [1.807, 2.05) is 31.2 Å². The van der Waals surface area contributed by atoms with Crippen molar-refractivity contribution >= 4 is 11.6 Å². The number of unbranched alkanes of at least 4 members (excludes halogenated alkanes) is 2. The van der Waals surface area contributed by atoms with Crippen LogP contribution in [0, 0.1) is 0 Å². The van der Waals surface area contributed by atoms with Crippen molar-refractivity contribution < 1.29 is 28.8 Å². The van der Waals surface area contributed by atoms with Gasteiger partial charge in [-0.25, -0.2) is 0 Å². The molecule has 1 saturated heterocycles. The Balaban J connectivity index is 1.90. The normalized spacial score (nSPS) is 23.8. The number of hydrogen-bond acceptors (Lipinski definition) is 6. The first-order chi connectivity index (χ1) is 18.0. The van der Waals surface area contributed by atoms with Crippen LogP contribution in [0.4, 0.5) is 0 Å². The third kappa shape index (κ3) is 8.41. The monoisotopic (exact) mass is 534 g/mol. The lowest BCUT2D eigenvalue weighted by atomic mass is 9.89. The molecule has 0 bridgehead atoms. The molecule has 0 amide bonds. The summed E-state index contributed by atoms with van der Waals surface area (Å²) in [4.78, 5) is 0. The number of benzene rings is 2. The molecule has 37 heavy (non-hydrogen) atoms. The summed E-state index contributed by atoms with van der Waals surface area (Å²) >= 11 is 6.64.